The second-order valence-corrected chi connectivity index (χ2v) is 5.17. The van der Waals surface area contributed by atoms with Gasteiger partial charge in [-0.25, -0.2) is 4.79 Å². The smallest absolute Gasteiger partial charge is 0.326 e. The van der Waals surface area contributed by atoms with Crippen molar-refractivity contribution in [2.24, 2.45) is 13.0 Å². The Labute approximate surface area is 122 Å². The van der Waals surface area contributed by atoms with Gasteiger partial charge in [-0.15, -0.1) is 0 Å². The van der Waals surface area contributed by atoms with Crippen LogP contribution in [0, 0.1) is 12.8 Å². The van der Waals surface area contributed by atoms with Crippen molar-refractivity contribution in [3.63, 3.8) is 0 Å². The molecule has 6 nitrogen and oxygen atoms in total. The van der Waals surface area contributed by atoms with Gasteiger partial charge in [-0.1, -0.05) is 25.4 Å². The topological polar surface area (TPSA) is 84.2 Å². The highest BCUT2D eigenvalue weighted by Crippen LogP contribution is 2.19. The number of aryl methyl sites for hydroxylation is 2. The summed E-state index contributed by atoms with van der Waals surface area (Å²) in [5.41, 5.74) is 1.33. The standard InChI is InChI=1S/C13H18ClN3O3/c1-7(2)11(13(19)20)15-10(18)6-5-9-8(3)16-17(4)12(9)14/h5-7,11H,1-4H3,(H,15,18)(H,19,20)/t11-/m1/s1. The Morgan fingerprint density at radius 1 is 1.45 bits per heavy atom. The van der Waals surface area contributed by atoms with Gasteiger partial charge in [0.1, 0.15) is 11.2 Å². The molecule has 1 rings (SSSR count). The van der Waals surface area contributed by atoms with Gasteiger partial charge in [0.05, 0.1) is 5.69 Å². The largest absolute Gasteiger partial charge is 0.480 e. The average Bonchev–Trinajstić information content (AvgIpc) is 2.57. The molecule has 0 fully saturated rings. The number of amides is 1. The number of nitrogens with zero attached hydrogens (tertiary/aromatic N) is 2. The van der Waals surface area contributed by atoms with E-state index in [0.717, 1.165) is 0 Å². The number of halogens is 1. The van der Waals surface area contributed by atoms with E-state index in [0.29, 0.717) is 16.4 Å². The molecule has 20 heavy (non-hydrogen) atoms. The lowest BCUT2D eigenvalue weighted by Crippen LogP contribution is -2.43. The highest BCUT2D eigenvalue weighted by molar-refractivity contribution is 6.31. The quantitative estimate of drug-likeness (QED) is 0.809. The van der Waals surface area contributed by atoms with E-state index in [4.69, 9.17) is 16.7 Å². The Kier molecular flexibility index (Phi) is 5.33. The summed E-state index contributed by atoms with van der Waals surface area (Å²) in [6, 6.07) is -0.919. The summed E-state index contributed by atoms with van der Waals surface area (Å²) in [4.78, 5) is 22.7. The Hall–Kier alpha value is -1.82. The minimum atomic E-state index is -1.06. The van der Waals surface area contributed by atoms with Gasteiger partial charge in [-0.2, -0.15) is 5.10 Å². The number of aromatic nitrogens is 2. The number of hydrogen-bond acceptors (Lipinski definition) is 3. The van der Waals surface area contributed by atoms with E-state index in [1.807, 2.05) is 0 Å². The van der Waals surface area contributed by atoms with Crippen molar-refractivity contribution < 1.29 is 14.7 Å². The van der Waals surface area contributed by atoms with E-state index in [1.54, 1.807) is 27.8 Å². The molecule has 1 aromatic heterocycles. The molecule has 0 unspecified atom stereocenters. The minimum absolute atomic E-state index is 0.200. The molecule has 0 spiro atoms. The second-order valence-electron chi connectivity index (χ2n) is 4.82. The zero-order valence-corrected chi connectivity index (χ0v) is 12.6. The third-order valence-electron chi connectivity index (χ3n) is 2.83. The fourth-order valence-electron chi connectivity index (χ4n) is 1.71. The molecule has 1 heterocycles. The highest BCUT2D eigenvalue weighted by Gasteiger charge is 2.22. The molecule has 7 heteroatoms. The van der Waals surface area contributed by atoms with Crippen LogP contribution in [0.1, 0.15) is 25.1 Å². The van der Waals surface area contributed by atoms with E-state index in [2.05, 4.69) is 10.4 Å². The fraction of sp³-hybridized carbons (Fsp3) is 0.462. The van der Waals surface area contributed by atoms with Crippen LogP contribution in [0.25, 0.3) is 6.08 Å². The molecule has 110 valence electrons. The van der Waals surface area contributed by atoms with E-state index in [1.165, 1.54) is 16.8 Å². The lowest BCUT2D eigenvalue weighted by Gasteiger charge is -2.16. The van der Waals surface area contributed by atoms with Gasteiger partial charge >= 0.3 is 5.97 Å². The Morgan fingerprint density at radius 3 is 2.45 bits per heavy atom. The molecule has 1 amide bonds. The molecular weight excluding hydrogens is 282 g/mol. The first-order valence-electron chi connectivity index (χ1n) is 6.14. The number of aliphatic carboxylic acids is 1. The highest BCUT2D eigenvalue weighted by atomic mass is 35.5. The first-order chi connectivity index (χ1) is 9.23. The summed E-state index contributed by atoms with van der Waals surface area (Å²) in [6.07, 6.45) is 2.79. The van der Waals surface area contributed by atoms with Crippen LogP contribution in [0.4, 0.5) is 0 Å². The van der Waals surface area contributed by atoms with Crippen molar-refractivity contribution in [1.29, 1.82) is 0 Å². The van der Waals surface area contributed by atoms with Gasteiger partial charge in [-0.3, -0.25) is 9.48 Å². The molecule has 0 saturated carbocycles. The monoisotopic (exact) mass is 299 g/mol. The lowest BCUT2D eigenvalue weighted by molar-refractivity contribution is -0.142. The summed E-state index contributed by atoms with van der Waals surface area (Å²) in [6.45, 7) is 5.23. The predicted octanol–water partition coefficient (Wildman–Crippen LogP) is 1.62. The molecule has 0 aromatic carbocycles. The van der Waals surface area contributed by atoms with Crippen LogP contribution in [0.2, 0.25) is 5.15 Å². The summed E-state index contributed by atoms with van der Waals surface area (Å²) >= 11 is 6.03. The van der Waals surface area contributed by atoms with E-state index >= 15 is 0 Å². The Morgan fingerprint density at radius 2 is 2.05 bits per heavy atom. The number of nitrogens with one attached hydrogen (secondary N) is 1. The third-order valence-corrected chi connectivity index (χ3v) is 3.28. The van der Waals surface area contributed by atoms with Gasteiger partial charge in [0.25, 0.3) is 0 Å². The van der Waals surface area contributed by atoms with E-state index < -0.39 is 17.9 Å². The van der Waals surface area contributed by atoms with Crippen molar-refractivity contribution in [1.82, 2.24) is 15.1 Å². The van der Waals surface area contributed by atoms with Crippen molar-refractivity contribution in [2.75, 3.05) is 0 Å². The van der Waals surface area contributed by atoms with Crippen molar-refractivity contribution in [3.8, 4) is 0 Å². The summed E-state index contributed by atoms with van der Waals surface area (Å²) in [5, 5.41) is 16.0. The summed E-state index contributed by atoms with van der Waals surface area (Å²) < 4.78 is 1.50. The summed E-state index contributed by atoms with van der Waals surface area (Å²) in [5.74, 6) is -1.74. The molecule has 0 aliphatic heterocycles. The van der Waals surface area contributed by atoms with Crippen LogP contribution >= 0.6 is 11.6 Å². The SMILES string of the molecule is Cc1nn(C)c(Cl)c1C=CC(=O)N[C@@H](C(=O)O)C(C)C. The maximum atomic E-state index is 11.7. The summed E-state index contributed by atoms with van der Waals surface area (Å²) in [7, 11) is 1.70. The Bertz CT molecular complexity index is 549. The Balaban J connectivity index is 2.80. The molecule has 2 N–H and O–H groups in total. The number of carbonyl (C=O) groups excluding carboxylic acids is 1. The van der Waals surface area contributed by atoms with Crippen molar-refractivity contribution in [3.05, 3.63) is 22.5 Å². The zero-order chi connectivity index (χ0) is 15.4. The molecular formula is C13H18ClN3O3. The molecule has 0 bridgehead atoms. The molecule has 0 aliphatic rings. The number of carbonyl (C=O) groups is 2. The molecule has 1 atom stereocenters. The van der Waals surface area contributed by atoms with Gasteiger partial charge in [0.2, 0.25) is 5.91 Å². The second kappa shape index (κ2) is 6.56. The molecule has 0 saturated heterocycles. The fourth-order valence-corrected chi connectivity index (χ4v) is 1.95. The maximum absolute atomic E-state index is 11.7. The van der Waals surface area contributed by atoms with Crippen LogP contribution in [0.15, 0.2) is 6.08 Å². The van der Waals surface area contributed by atoms with E-state index in [9.17, 15) is 9.59 Å². The van der Waals surface area contributed by atoms with Crippen LogP contribution in [0.3, 0.4) is 0 Å². The maximum Gasteiger partial charge on any atom is 0.326 e. The molecule has 1 aromatic rings. The van der Waals surface area contributed by atoms with Gasteiger partial charge < -0.3 is 10.4 Å². The first-order valence-corrected chi connectivity index (χ1v) is 6.52. The van der Waals surface area contributed by atoms with Gasteiger partial charge in [0.15, 0.2) is 0 Å². The number of carboxylic acid groups (broad SMARTS) is 1. The lowest BCUT2D eigenvalue weighted by atomic mass is 10.0. The van der Waals surface area contributed by atoms with Crippen LogP contribution in [0.5, 0.6) is 0 Å². The molecule has 0 radical (unpaired) electrons. The van der Waals surface area contributed by atoms with Crippen LogP contribution in [-0.4, -0.2) is 32.8 Å². The van der Waals surface area contributed by atoms with Crippen molar-refractivity contribution >= 4 is 29.6 Å². The van der Waals surface area contributed by atoms with Gasteiger partial charge in [0, 0.05) is 18.7 Å². The number of rotatable bonds is 5. The number of hydrogen-bond donors (Lipinski definition) is 2. The van der Waals surface area contributed by atoms with E-state index in [-0.39, 0.29) is 5.92 Å². The molecule has 0 aliphatic carbocycles. The normalized spacial score (nSPS) is 12.9. The third kappa shape index (κ3) is 3.84. The predicted molar refractivity (Wildman–Crippen MR) is 76.4 cm³/mol. The number of carboxylic acids is 1. The van der Waals surface area contributed by atoms with Gasteiger partial charge in [-0.05, 0) is 18.9 Å². The average molecular weight is 300 g/mol. The zero-order valence-electron chi connectivity index (χ0n) is 11.8. The first kappa shape index (κ1) is 16.2. The van der Waals surface area contributed by atoms with Crippen LogP contribution in [-0.2, 0) is 16.6 Å². The minimum Gasteiger partial charge on any atom is -0.480 e. The van der Waals surface area contributed by atoms with Crippen LogP contribution < -0.4 is 5.32 Å². The van der Waals surface area contributed by atoms with Crippen molar-refractivity contribution in [2.45, 2.75) is 26.8 Å².